The second-order valence-corrected chi connectivity index (χ2v) is 6.89. The Balaban J connectivity index is 1.27. The average Bonchev–Trinajstić information content (AvgIpc) is 3.26. The van der Waals surface area contributed by atoms with E-state index < -0.39 is 0 Å². The van der Waals surface area contributed by atoms with Gasteiger partial charge >= 0.3 is 6.03 Å². The zero-order valence-electron chi connectivity index (χ0n) is 15.2. The molecule has 0 aliphatic carbocycles. The van der Waals surface area contributed by atoms with Gasteiger partial charge in [0.25, 0.3) is 0 Å². The minimum Gasteiger partial charge on any atom is -0.361 e. The molecule has 2 aromatic carbocycles. The van der Waals surface area contributed by atoms with Gasteiger partial charge in [-0.1, -0.05) is 18.2 Å². The van der Waals surface area contributed by atoms with E-state index in [0.29, 0.717) is 25.2 Å². The Hall–Kier alpha value is -3.35. The van der Waals surface area contributed by atoms with E-state index in [1.54, 1.807) is 17.0 Å². The molecule has 3 aromatic rings. The van der Waals surface area contributed by atoms with Crippen molar-refractivity contribution in [2.45, 2.75) is 18.9 Å². The molecule has 3 amide bonds. The molecule has 6 nitrogen and oxygen atoms in total. The number of rotatable bonds is 5. The standard InChI is InChI=1S/C21H21FN4O2/c22-15-5-7-17(8-6-15)26-13-16(11-20(26)27)25-21(28)23-10-9-14-12-24-19-4-2-1-3-18(14)19/h1-8,12,16,24H,9-11,13H2,(H2,23,25,28). The molecular weight excluding hydrogens is 359 g/mol. The summed E-state index contributed by atoms with van der Waals surface area (Å²) in [5, 5.41) is 6.84. The maximum absolute atomic E-state index is 13.1. The summed E-state index contributed by atoms with van der Waals surface area (Å²) in [6.45, 7) is 0.871. The number of hydrogen-bond acceptors (Lipinski definition) is 2. The molecule has 2 heterocycles. The van der Waals surface area contributed by atoms with Crippen molar-refractivity contribution in [2.75, 3.05) is 18.0 Å². The van der Waals surface area contributed by atoms with E-state index in [1.165, 1.54) is 12.1 Å². The van der Waals surface area contributed by atoms with Crippen LogP contribution in [0.25, 0.3) is 10.9 Å². The lowest BCUT2D eigenvalue weighted by atomic mass is 10.1. The van der Waals surface area contributed by atoms with Gasteiger partial charge in [0.05, 0.1) is 6.04 Å². The zero-order valence-corrected chi connectivity index (χ0v) is 15.2. The van der Waals surface area contributed by atoms with E-state index in [1.807, 2.05) is 24.4 Å². The molecule has 0 bridgehead atoms. The van der Waals surface area contributed by atoms with E-state index in [9.17, 15) is 14.0 Å². The molecule has 144 valence electrons. The number of carbonyl (C=O) groups is 2. The maximum Gasteiger partial charge on any atom is 0.315 e. The third kappa shape index (κ3) is 3.83. The predicted octanol–water partition coefficient (Wildman–Crippen LogP) is 2.95. The molecule has 0 saturated carbocycles. The van der Waals surface area contributed by atoms with Gasteiger partial charge in [-0.05, 0) is 42.3 Å². The Kier molecular flexibility index (Phi) is 4.97. The van der Waals surface area contributed by atoms with Crippen LogP contribution in [-0.4, -0.2) is 36.1 Å². The van der Waals surface area contributed by atoms with E-state index in [-0.39, 0.29) is 30.2 Å². The molecule has 1 aromatic heterocycles. The van der Waals surface area contributed by atoms with Crippen molar-refractivity contribution in [1.29, 1.82) is 0 Å². The number of aromatic amines is 1. The number of nitrogens with one attached hydrogen (secondary N) is 3. The van der Waals surface area contributed by atoms with Crippen LogP contribution in [0.5, 0.6) is 0 Å². The molecule has 1 atom stereocenters. The van der Waals surface area contributed by atoms with Gasteiger partial charge in [-0.2, -0.15) is 0 Å². The summed E-state index contributed by atoms with van der Waals surface area (Å²) in [5.41, 5.74) is 2.86. The third-order valence-electron chi connectivity index (χ3n) is 4.95. The van der Waals surface area contributed by atoms with Crippen molar-refractivity contribution in [2.24, 2.45) is 0 Å². The van der Waals surface area contributed by atoms with Gasteiger partial charge in [0.1, 0.15) is 5.82 Å². The van der Waals surface area contributed by atoms with Crippen molar-refractivity contribution < 1.29 is 14.0 Å². The van der Waals surface area contributed by atoms with Gasteiger partial charge in [-0.3, -0.25) is 4.79 Å². The molecule has 1 unspecified atom stereocenters. The van der Waals surface area contributed by atoms with Crippen molar-refractivity contribution >= 4 is 28.5 Å². The number of urea groups is 1. The van der Waals surface area contributed by atoms with Gasteiger partial charge in [-0.15, -0.1) is 0 Å². The number of halogens is 1. The molecule has 3 N–H and O–H groups in total. The molecule has 1 aliphatic rings. The molecule has 4 rings (SSSR count). The van der Waals surface area contributed by atoms with E-state index >= 15 is 0 Å². The summed E-state index contributed by atoms with van der Waals surface area (Å²) in [6, 6.07) is 13.2. The number of hydrogen-bond donors (Lipinski definition) is 3. The Labute approximate surface area is 161 Å². The zero-order chi connectivity index (χ0) is 19.5. The van der Waals surface area contributed by atoms with Crippen LogP contribution in [0.3, 0.4) is 0 Å². The van der Waals surface area contributed by atoms with E-state index in [2.05, 4.69) is 21.7 Å². The summed E-state index contributed by atoms with van der Waals surface area (Å²) < 4.78 is 13.1. The highest BCUT2D eigenvalue weighted by atomic mass is 19.1. The SMILES string of the molecule is O=C(NCCc1c[nH]c2ccccc12)NC1CC(=O)N(c2ccc(F)cc2)C1. The Morgan fingerprint density at radius 1 is 1.18 bits per heavy atom. The maximum atomic E-state index is 13.1. The fraction of sp³-hybridized carbons (Fsp3) is 0.238. The minimum absolute atomic E-state index is 0.0873. The number of carbonyl (C=O) groups excluding carboxylic acids is 2. The highest BCUT2D eigenvalue weighted by molar-refractivity contribution is 5.96. The summed E-state index contributed by atoms with van der Waals surface area (Å²) >= 11 is 0. The number of amides is 3. The summed E-state index contributed by atoms with van der Waals surface area (Å²) in [7, 11) is 0. The number of benzene rings is 2. The predicted molar refractivity (Wildman–Crippen MR) is 106 cm³/mol. The number of para-hydroxylation sites is 1. The average molecular weight is 380 g/mol. The second-order valence-electron chi connectivity index (χ2n) is 6.89. The number of aromatic nitrogens is 1. The first-order chi connectivity index (χ1) is 13.6. The first-order valence-electron chi connectivity index (χ1n) is 9.25. The first kappa shape index (κ1) is 18.0. The lowest BCUT2D eigenvalue weighted by Gasteiger charge is -2.17. The minimum atomic E-state index is -0.348. The van der Waals surface area contributed by atoms with E-state index in [4.69, 9.17) is 0 Å². The number of fused-ring (bicyclic) bond motifs is 1. The highest BCUT2D eigenvalue weighted by Crippen LogP contribution is 2.22. The van der Waals surface area contributed by atoms with Crippen LogP contribution in [-0.2, 0) is 11.2 Å². The lowest BCUT2D eigenvalue weighted by Crippen LogP contribution is -2.43. The molecule has 7 heteroatoms. The van der Waals surface area contributed by atoms with Crippen LogP contribution in [0.2, 0.25) is 0 Å². The normalized spacial score (nSPS) is 16.5. The topological polar surface area (TPSA) is 77.2 Å². The van der Waals surface area contributed by atoms with Crippen LogP contribution < -0.4 is 15.5 Å². The number of nitrogens with zero attached hydrogens (tertiary/aromatic N) is 1. The Morgan fingerprint density at radius 3 is 2.79 bits per heavy atom. The van der Waals surface area contributed by atoms with Crippen LogP contribution in [0.4, 0.5) is 14.9 Å². The molecular formula is C21H21FN4O2. The van der Waals surface area contributed by atoms with Gasteiger partial charge < -0.3 is 20.5 Å². The van der Waals surface area contributed by atoms with Gasteiger partial charge in [-0.25, -0.2) is 9.18 Å². The lowest BCUT2D eigenvalue weighted by molar-refractivity contribution is -0.117. The molecule has 0 radical (unpaired) electrons. The molecule has 1 saturated heterocycles. The van der Waals surface area contributed by atoms with Crippen molar-refractivity contribution in [3.63, 3.8) is 0 Å². The quantitative estimate of drug-likeness (QED) is 0.636. The fourth-order valence-electron chi connectivity index (χ4n) is 3.56. The van der Waals surface area contributed by atoms with Crippen LogP contribution >= 0.6 is 0 Å². The number of H-pyrrole nitrogens is 1. The first-order valence-corrected chi connectivity index (χ1v) is 9.25. The van der Waals surface area contributed by atoms with Gasteiger partial charge in [0.2, 0.25) is 5.91 Å². The fourth-order valence-corrected chi connectivity index (χ4v) is 3.56. The largest absolute Gasteiger partial charge is 0.361 e. The van der Waals surface area contributed by atoms with Crippen LogP contribution in [0.1, 0.15) is 12.0 Å². The van der Waals surface area contributed by atoms with Gasteiger partial charge in [0.15, 0.2) is 0 Å². The third-order valence-corrected chi connectivity index (χ3v) is 4.95. The Morgan fingerprint density at radius 2 is 1.96 bits per heavy atom. The smallest absolute Gasteiger partial charge is 0.315 e. The van der Waals surface area contributed by atoms with Crippen LogP contribution in [0, 0.1) is 5.82 Å². The molecule has 28 heavy (non-hydrogen) atoms. The molecule has 1 aliphatic heterocycles. The van der Waals surface area contributed by atoms with Crippen molar-refractivity contribution in [3.05, 3.63) is 66.1 Å². The summed E-state index contributed by atoms with van der Waals surface area (Å²) in [6.07, 6.45) is 2.90. The monoisotopic (exact) mass is 380 g/mol. The second kappa shape index (κ2) is 7.72. The Bertz CT molecular complexity index is 999. The highest BCUT2D eigenvalue weighted by Gasteiger charge is 2.31. The summed E-state index contributed by atoms with van der Waals surface area (Å²) in [4.78, 5) is 29.2. The molecule has 1 fully saturated rings. The van der Waals surface area contributed by atoms with Crippen LogP contribution in [0.15, 0.2) is 54.7 Å². The number of anilines is 1. The molecule has 0 spiro atoms. The van der Waals surface area contributed by atoms with Crippen molar-refractivity contribution in [3.8, 4) is 0 Å². The van der Waals surface area contributed by atoms with Crippen molar-refractivity contribution in [1.82, 2.24) is 15.6 Å². The van der Waals surface area contributed by atoms with Gasteiger partial charge in [0, 0.05) is 42.3 Å². The van der Waals surface area contributed by atoms with E-state index in [0.717, 1.165) is 16.5 Å². The summed E-state index contributed by atoms with van der Waals surface area (Å²) in [5.74, 6) is -0.435.